The Morgan fingerprint density at radius 2 is 2.29 bits per heavy atom. The van der Waals surface area contributed by atoms with Gasteiger partial charge in [-0.3, -0.25) is 4.90 Å². The molecule has 6 nitrogen and oxygen atoms in total. The van der Waals surface area contributed by atoms with Gasteiger partial charge in [0.15, 0.2) is 11.5 Å². The molecule has 0 bridgehead atoms. The Labute approximate surface area is 95.4 Å². The van der Waals surface area contributed by atoms with Gasteiger partial charge in [-0.2, -0.15) is 0 Å². The Balaban J connectivity index is 2.61. The summed E-state index contributed by atoms with van der Waals surface area (Å²) in [5, 5.41) is 20.5. The molecule has 8 heteroatoms. The number of hydrogen-bond acceptors (Lipinski definition) is 5. The van der Waals surface area contributed by atoms with Crippen molar-refractivity contribution in [3.63, 3.8) is 0 Å². The van der Waals surface area contributed by atoms with E-state index < -0.39 is 18.9 Å². The van der Waals surface area contributed by atoms with Gasteiger partial charge >= 0.3 is 5.97 Å². The third-order valence-corrected chi connectivity index (χ3v) is 1.97. The number of carbonyl (C=O) groups is 1. The van der Waals surface area contributed by atoms with Crippen LogP contribution in [0.1, 0.15) is 16.2 Å². The normalized spacial score (nSPS) is 11.4. The Bertz CT molecular complexity index is 370. The number of aromatic carboxylic acids is 1. The largest absolute Gasteiger partial charge is 0.476 e. The van der Waals surface area contributed by atoms with Gasteiger partial charge in [0, 0.05) is 12.6 Å². The molecule has 0 aliphatic carbocycles. The van der Waals surface area contributed by atoms with E-state index >= 15 is 0 Å². The first-order chi connectivity index (χ1) is 8.02. The van der Waals surface area contributed by atoms with Crippen molar-refractivity contribution in [1.82, 2.24) is 10.1 Å². The lowest BCUT2D eigenvalue weighted by Gasteiger charge is -2.18. The molecule has 96 valence electrons. The van der Waals surface area contributed by atoms with Crippen LogP contribution in [0.15, 0.2) is 10.6 Å². The highest BCUT2D eigenvalue weighted by atomic mass is 19.3. The highest BCUT2D eigenvalue weighted by Crippen LogP contribution is 2.09. The van der Waals surface area contributed by atoms with Gasteiger partial charge in [0.25, 0.3) is 6.43 Å². The average molecular weight is 250 g/mol. The van der Waals surface area contributed by atoms with Crippen molar-refractivity contribution in [2.24, 2.45) is 0 Å². The topological polar surface area (TPSA) is 86.8 Å². The quantitative estimate of drug-likeness (QED) is 0.729. The first-order valence-corrected chi connectivity index (χ1v) is 4.83. The summed E-state index contributed by atoms with van der Waals surface area (Å²) in [4.78, 5) is 11.8. The van der Waals surface area contributed by atoms with Crippen molar-refractivity contribution in [1.29, 1.82) is 0 Å². The maximum absolute atomic E-state index is 12.2. The van der Waals surface area contributed by atoms with E-state index in [1.165, 1.54) is 4.90 Å². The van der Waals surface area contributed by atoms with Crippen molar-refractivity contribution in [2.45, 2.75) is 13.0 Å². The van der Waals surface area contributed by atoms with E-state index in [1.807, 2.05) is 0 Å². The third-order valence-electron chi connectivity index (χ3n) is 1.97. The van der Waals surface area contributed by atoms with Gasteiger partial charge in [-0.25, -0.2) is 13.6 Å². The van der Waals surface area contributed by atoms with Crippen LogP contribution in [0.25, 0.3) is 0 Å². The van der Waals surface area contributed by atoms with Crippen LogP contribution in [0.5, 0.6) is 0 Å². The fourth-order valence-electron chi connectivity index (χ4n) is 1.28. The second-order valence-corrected chi connectivity index (χ2v) is 3.33. The van der Waals surface area contributed by atoms with E-state index in [1.54, 1.807) is 0 Å². The van der Waals surface area contributed by atoms with Crippen molar-refractivity contribution in [2.75, 3.05) is 19.7 Å². The van der Waals surface area contributed by atoms with Gasteiger partial charge in [0.05, 0.1) is 19.7 Å². The van der Waals surface area contributed by atoms with Crippen molar-refractivity contribution in [3.05, 3.63) is 17.5 Å². The first kappa shape index (κ1) is 13.5. The number of alkyl halides is 2. The smallest absolute Gasteiger partial charge is 0.358 e. The van der Waals surface area contributed by atoms with Gasteiger partial charge in [-0.05, 0) is 0 Å². The molecule has 0 aromatic carbocycles. The molecule has 0 saturated heterocycles. The summed E-state index contributed by atoms with van der Waals surface area (Å²) < 4.78 is 29.0. The number of aliphatic hydroxyl groups excluding tert-OH is 1. The molecule has 2 N–H and O–H groups in total. The molecule has 0 saturated carbocycles. The maximum Gasteiger partial charge on any atom is 0.358 e. The van der Waals surface area contributed by atoms with E-state index in [2.05, 4.69) is 9.68 Å². The Morgan fingerprint density at radius 3 is 2.76 bits per heavy atom. The molecule has 17 heavy (non-hydrogen) atoms. The SMILES string of the molecule is O=C(O)c1cc(CN(CCO)CC(F)F)on1. The number of carboxylic acid groups (broad SMARTS) is 1. The van der Waals surface area contributed by atoms with Crippen LogP contribution in [0.2, 0.25) is 0 Å². The highest BCUT2D eigenvalue weighted by Gasteiger charge is 2.16. The predicted octanol–water partition coefficient (Wildman–Crippen LogP) is 0.432. The number of aromatic nitrogens is 1. The minimum absolute atomic E-state index is 0.0226. The van der Waals surface area contributed by atoms with Crippen molar-refractivity contribution in [3.8, 4) is 0 Å². The van der Waals surface area contributed by atoms with Gasteiger partial charge < -0.3 is 14.7 Å². The van der Waals surface area contributed by atoms with Crippen molar-refractivity contribution < 1.29 is 28.3 Å². The van der Waals surface area contributed by atoms with E-state index in [9.17, 15) is 13.6 Å². The lowest BCUT2D eigenvalue weighted by Crippen LogP contribution is -2.31. The molecule has 0 aliphatic heterocycles. The fraction of sp³-hybridized carbons (Fsp3) is 0.556. The fourth-order valence-corrected chi connectivity index (χ4v) is 1.28. The maximum atomic E-state index is 12.2. The average Bonchev–Trinajstić information content (AvgIpc) is 2.65. The van der Waals surface area contributed by atoms with Gasteiger partial charge in [0.1, 0.15) is 0 Å². The van der Waals surface area contributed by atoms with Crippen LogP contribution in [0.3, 0.4) is 0 Å². The lowest BCUT2D eigenvalue weighted by atomic mass is 10.3. The van der Waals surface area contributed by atoms with Gasteiger partial charge in [-0.1, -0.05) is 5.16 Å². The third kappa shape index (κ3) is 4.45. The zero-order valence-corrected chi connectivity index (χ0v) is 8.84. The van der Waals surface area contributed by atoms with Crippen LogP contribution >= 0.6 is 0 Å². The monoisotopic (exact) mass is 250 g/mol. The molecule has 1 rings (SSSR count). The van der Waals surface area contributed by atoms with E-state index in [0.29, 0.717) is 0 Å². The number of aliphatic hydroxyl groups is 1. The molecule has 0 atom stereocenters. The first-order valence-electron chi connectivity index (χ1n) is 4.83. The zero-order valence-electron chi connectivity index (χ0n) is 8.84. The summed E-state index contributed by atoms with van der Waals surface area (Å²) in [6.45, 7) is -0.769. The predicted molar refractivity (Wildman–Crippen MR) is 51.8 cm³/mol. The minimum atomic E-state index is -2.54. The van der Waals surface area contributed by atoms with E-state index in [0.717, 1.165) is 6.07 Å². The number of nitrogens with zero attached hydrogens (tertiary/aromatic N) is 2. The van der Waals surface area contributed by atoms with Gasteiger partial charge in [-0.15, -0.1) is 0 Å². The molecule has 1 aromatic rings. The second-order valence-electron chi connectivity index (χ2n) is 3.33. The number of hydrogen-bond donors (Lipinski definition) is 2. The lowest BCUT2D eigenvalue weighted by molar-refractivity contribution is 0.0685. The summed E-state index contributed by atoms with van der Waals surface area (Å²) in [7, 11) is 0. The molecule has 0 radical (unpaired) electrons. The van der Waals surface area contributed by atoms with E-state index in [4.69, 9.17) is 10.2 Å². The summed E-state index contributed by atoms with van der Waals surface area (Å²) >= 11 is 0. The summed E-state index contributed by atoms with van der Waals surface area (Å²) in [5.74, 6) is -1.08. The molecule has 1 heterocycles. The molecule has 1 aromatic heterocycles. The van der Waals surface area contributed by atoms with Gasteiger partial charge in [0.2, 0.25) is 0 Å². The molecule has 0 spiro atoms. The summed E-state index contributed by atoms with van der Waals surface area (Å²) in [6, 6.07) is 1.16. The molecule has 0 fully saturated rings. The molecule has 0 unspecified atom stereocenters. The van der Waals surface area contributed by atoms with Crippen molar-refractivity contribution >= 4 is 5.97 Å². The van der Waals surface area contributed by atoms with Crippen LogP contribution in [0, 0.1) is 0 Å². The number of rotatable bonds is 7. The standard InChI is InChI=1S/C9H12F2N2O4/c10-8(11)5-13(1-2-14)4-6-3-7(9(15)16)12-17-6/h3,8,14H,1-2,4-5H2,(H,15,16). The Kier molecular flexibility index (Phi) is 4.98. The van der Waals surface area contributed by atoms with Crippen LogP contribution in [-0.2, 0) is 6.54 Å². The highest BCUT2D eigenvalue weighted by molar-refractivity contribution is 5.85. The minimum Gasteiger partial charge on any atom is -0.476 e. The van der Waals surface area contributed by atoms with Crippen LogP contribution < -0.4 is 0 Å². The number of carboxylic acids is 1. The molecule has 0 amide bonds. The molecular formula is C9H12F2N2O4. The number of halogens is 2. The second kappa shape index (κ2) is 6.26. The van der Waals surface area contributed by atoms with Crippen LogP contribution in [0.4, 0.5) is 8.78 Å². The Morgan fingerprint density at radius 1 is 1.59 bits per heavy atom. The summed E-state index contributed by atoms with van der Waals surface area (Å²) in [5.41, 5.74) is -0.277. The molecule has 0 aliphatic rings. The van der Waals surface area contributed by atoms with E-state index in [-0.39, 0.29) is 31.2 Å². The molecular weight excluding hydrogens is 238 g/mol. The Hall–Kier alpha value is -1.54. The van der Waals surface area contributed by atoms with Crippen LogP contribution in [-0.4, -0.2) is 52.4 Å². The zero-order chi connectivity index (χ0) is 12.8. The summed E-state index contributed by atoms with van der Waals surface area (Å²) in [6.07, 6.45) is -2.54.